The molecule has 5 nitrogen and oxygen atoms in total. The number of aryl methyl sites for hydroxylation is 1. The molecule has 0 saturated carbocycles. The van der Waals surface area contributed by atoms with E-state index >= 15 is 0 Å². The van der Waals surface area contributed by atoms with Crippen LogP contribution in [0.1, 0.15) is 18.4 Å². The lowest BCUT2D eigenvalue weighted by Gasteiger charge is -2.22. The first-order chi connectivity index (χ1) is 8.97. The molecule has 0 aliphatic carbocycles. The van der Waals surface area contributed by atoms with Gasteiger partial charge >= 0.3 is 0 Å². The lowest BCUT2D eigenvalue weighted by Crippen LogP contribution is -2.22. The van der Waals surface area contributed by atoms with Crippen molar-refractivity contribution in [2.75, 3.05) is 19.8 Å². The van der Waals surface area contributed by atoms with Crippen molar-refractivity contribution in [3.8, 4) is 5.75 Å². The number of benzene rings is 1. The van der Waals surface area contributed by atoms with Crippen LogP contribution in [0, 0.1) is 12.8 Å². The number of hydrogen-bond acceptors (Lipinski definition) is 4. The fourth-order valence-electron chi connectivity index (χ4n) is 2.08. The van der Waals surface area contributed by atoms with Crippen LogP contribution in [-0.2, 0) is 14.8 Å². The molecule has 0 spiro atoms. The minimum absolute atomic E-state index is 0.0551. The topological polar surface area (TPSA) is 78.6 Å². The number of rotatable bonds is 4. The maximum absolute atomic E-state index is 11.5. The molecule has 0 atom stereocenters. The van der Waals surface area contributed by atoms with Gasteiger partial charge in [-0.05, 0) is 43.4 Å². The van der Waals surface area contributed by atoms with Gasteiger partial charge in [0.1, 0.15) is 10.6 Å². The quantitative estimate of drug-likeness (QED) is 0.908. The molecule has 1 aromatic rings. The molecule has 2 rings (SSSR count). The van der Waals surface area contributed by atoms with Gasteiger partial charge in [-0.3, -0.25) is 0 Å². The Hall–Kier alpha value is -1.11. The first-order valence-electron chi connectivity index (χ1n) is 6.31. The van der Waals surface area contributed by atoms with E-state index in [2.05, 4.69) is 0 Å². The molecule has 6 heteroatoms. The van der Waals surface area contributed by atoms with Crippen LogP contribution in [0.15, 0.2) is 23.1 Å². The van der Waals surface area contributed by atoms with Gasteiger partial charge in [-0.15, -0.1) is 0 Å². The molecule has 0 unspecified atom stereocenters. The number of sulfonamides is 1. The number of hydrogen-bond donors (Lipinski definition) is 1. The molecule has 1 saturated heterocycles. The molecule has 1 aromatic carbocycles. The Morgan fingerprint density at radius 1 is 1.37 bits per heavy atom. The number of ether oxygens (including phenoxy) is 2. The van der Waals surface area contributed by atoms with Crippen molar-refractivity contribution in [3.63, 3.8) is 0 Å². The van der Waals surface area contributed by atoms with Crippen molar-refractivity contribution in [2.45, 2.75) is 24.7 Å². The van der Waals surface area contributed by atoms with Gasteiger partial charge in [0.2, 0.25) is 10.0 Å². The van der Waals surface area contributed by atoms with E-state index in [9.17, 15) is 8.42 Å². The molecule has 1 fully saturated rings. The van der Waals surface area contributed by atoms with E-state index in [1.165, 1.54) is 6.07 Å². The maximum atomic E-state index is 11.5. The molecule has 106 valence electrons. The second-order valence-corrected chi connectivity index (χ2v) is 6.39. The molecule has 1 heterocycles. The Bertz CT molecular complexity index is 536. The summed E-state index contributed by atoms with van der Waals surface area (Å²) in [6.07, 6.45) is 1.88. The molecule has 0 amide bonds. The minimum Gasteiger partial charge on any atom is -0.492 e. The summed E-state index contributed by atoms with van der Waals surface area (Å²) in [6.45, 7) is 3.79. The zero-order chi connectivity index (χ0) is 13.9. The molecule has 0 radical (unpaired) electrons. The zero-order valence-corrected chi connectivity index (χ0v) is 11.8. The first-order valence-corrected chi connectivity index (χ1v) is 7.85. The van der Waals surface area contributed by atoms with Gasteiger partial charge in [-0.1, -0.05) is 6.07 Å². The Labute approximate surface area is 113 Å². The fourth-order valence-corrected chi connectivity index (χ4v) is 2.84. The highest BCUT2D eigenvalue weighted by Gasteiger charge is 2.18. The molecule has 1 aliphatic rings. The summed E-state index contributed by atoms with van der Waals surface area (Å²) in [4.78, 5) is 0.0551. The smallest absolute Gasteiger partial charge is 0.241 e. The van der Waals surface area contributed by atoms with Gasteiger partial charge in [0.25, 0.3) is 0 Å². The van der Waals surface area contributed by atoms with Crippen LogP contribution < -0.4 is 9.88 Å². The zero-order valence-electron chi connectivity index (χ0n) is 11.0. The molecule has 0 aromatic heterocycles. The standard InChI is InChI=1S/C13H19NO4S/c1-10-2-3-12(13(8-10)19(14,15)16)18-9-11-4-6-17-7-5-11/h2-3,8,11H,4-7,9H2,1H3,(H2,14,15,16). The van der Waals surface area contributed by atoms with Crippen LogP contribution in [0.5, 0.6) is 5.75 Å². The highest BCUT2D eigenvalue weighted by atomic mass is 32.2. The van der Waals surface area contributed by atoms with Crippen molar-refractivity contribution in [3.05, 3.63) is 23.8 Å². The summed E-state index contributed by atoms with van der Waals surface area (Å²) in [5.41, 5.74) is 0.836. The molecule has 0 bridgehead atoms. The normalized spacial score (nSPS) is 17.4. The fraction of sp³-hybridized carbons (Fsp3) is 0.538. The predicted molar refractivity (Wildman–Crippen MR) is 71.6 cm³/mol. The summed E-state index contributed by atoms with van der Waals surface area (Å²) >= 11 is 0. The van der Waals surface area contributed by atoms with Gasteiger partial charge in [-0.25, -0.2) is 13.6 Å². The number of primary sulfonamides is 1. The summed E-state index contributed by atoms with van der Waals surface area (Å²) in [5.74, 6) is 0.739. The van der Waals surface area contributed by atoms with Crippen LogP contribution in [-0.4, -0.2) is 28.2 Å². The third-order valence-corrected chi connectivity index (χ3v) is 4.15. The molecule has 1 aliphatic heterocycles. The summed E-state index contributed by atoms with van der Waals surface area (Å²) in [7, 11) is -3.76. The molecule has 19 heavy (non-hydrogen) atoms. The third-order valence-electron chi connectivity index (χ3n) is 3.22. The van der Waals surface area contributed by atoms with Gasteiger partial charge in [-0.2, -0.15) is 0 Å². The predicted octanol–water partition coefficient (Wildman–Crippen LogP) is 1.45. The highest BCUT2D eigenvalue weighted by Crippen LogP contribution is 2.25. The Kier molecular flexibility index (Phi) is 4.44. The van der Waals surface area contributed by atoms with E-state index in [0.29, 0.717) is 18.3 Å². The average Bonchev–Trinajstić information content (AvgIpc) is 2.37. The van der Waals surface area contributed by atoms with Gasteiger partial charge in [0, 0.05) is 13.2 Å². The van der Waals surface area contributed by atoms with Crippen molar-refractivity contribution >= 4 is 10.0 Å². The average molecular weight is 285 g/mol. The van der Waals surface area contributed by atoms with E-state index in [1.807, 2.05) is 13.0 Å². The van der Waals surface area contributed by atoms with Crippen LogP contribution in [0.2, 0.25) is 0 Å². The van der Waals surface area contributed by atoms with E-state index in [1.54, 1.807) is 6.07 Å². The minimum atomic E-state index is -3.76. The second-order valence-electron chi connectivity index (χ2n) is 4.86. The van der Waals surface area contributed by atoms with Gasteiger partial charge in [0.15, 0.2) is 0 Å². The summed E-state index contributed by atoms with van der Waals surface area (Å²) in [5, 5.41) is 5.21. The van der Waals surface area contributed by atoms with E-state index < -0.39 is 10.0 Å². The van der Waals surface area contributed by atoms with Crippen LogP contribution >= 0.6 is 0 Å². The Morgan fingerprint density at radius 3 is 2.68 bits per heavy atom. The van der Waals surface area contributed by atoms with Crippen LogP contribution in [0.3, 0.4) is 0 Å². The molecular formula is C13H19NO4S. The van der Waals surface area contributed by atoms with E-state index in [4.69, 9.17) is 14.6 Å². The largest absolute Gasteiger partial charge is 0.492 e. The lowest BCUT2D eigenvalue weighted by atomic mass is 10.0. The van der Waals surface area contributed by atoms with Crippen LogP contribution in [0.4, 0.5) is 0 Å². The molecule has 2 N–H and O–H groups in total. The first kappa shape index (κ1) is 14.3. The van der Waals surface area contributed by atoms with Gasteiger partial charge < -0.3 is 9.47 Å². The van der Waals surface area contributed by atoms with E-state index in [0.717, 1.165) is 31.6 Å². The van der Waals surface area contributed by atoms with Crippen molar-refractivity contribution < 1.29 is 17.9 Å². The summed E-state index contributed by atoms with van der Waals surface area (Å²) in [6, 6.07) is 5.01. The molecular weight excluding hydrogens is 266 g/mol. The third kappa shape index (κ3) is 3.92. The van der Waals surface area contributed by atoms with Crippen molar-refractivity contribution in [1.82, 2.24) is 0 Å². The second kappa shape index (κ2) is 5.90. The van der Waals surface area contributed by atoms with Crippen LogP contribution in [0.25, 0.3) is 0 Å². The maximum Gasteiger partial charge on any atom is 0.241 e. The monoisotopic (exact) mass is 285 g/mol. The lowest BCUT2D eigenvalue weighted by molar-refractivity contribution is 0.0493. The van der Waals surface area contributed by atoms with Crippen molar-refractivity contribution in [2.24, 2.45) is 11.1 Å². The number of nitrogens with two attached hydrogens (primary N) is 1. The van der Waals surface area contributed by atoms with Gasteiger partial charge in [0.05, 0.1) is 6.61 Å². The Balaban J connectivity index is 2.11. The van der Waals surface area contributed by atoms with Crippen molar-refractivity contribution in [1.29, 1.82) is 0 Å². The highest BCUT2D eigenvalue weighted by molar-refractivity contribution is 7.89. The van der Waals surface area contributed by atoms with E-state index in [-0.39, 0.29) is 4.90 Å². The Morgan fingerprint density at radius 2 is 2.05 bits per heavy atom. The SMILES string of the molecule is Cc1ccc(OCC2CCOCC2)c(S(N)(=O)=O)c1. The summed E-state index contributed by atoms with van der Waals surface area (Å²) < 4.78 is 34.0.